The first-order valence-electron chi connectivity index (χ1n) is 7.77. The largest absolute Gasteiger partial charge is 0.378 e. The zero-order chi connectivity index (χ0) is 16.0. The van der Waals surface area contributed by atoms with E-state index in [4.69, 9.17) is 4.74 Å². The summed E-state index contributed by atoms with van der Waals surface area (Å²) in [6.07, 6.45) is 4.68. The quantitative estimate of drug-likeness (QED) is 0.835. The minimum absolute atomic E-state index is 0.0850. The Balaban J connectivity index is 1.90. The van der Waals surface area contributed by atoms with Gasteiger partial charge in [0.1, 0.15) is 0 Å². The van der Waals surface area contributed by atoms with Crippen molar-refractivity contribution >= 4 is 15.9 Å². The van der Waals surface area contributed by atoms with Gasteiger partial charge in [-0.25, -0.2) is 13.1 Å². The Bertz CT molecular complexity index is 589. The van der Waals surface area contributed by atoms with Crippen LogP contribution in [-0.4, -0.2) is 27.0 Å². The van der Waals surface area contributed by atoms with Crippen LogP contribution in [-0.2, 0) is 26.0 Å². The second-order valence-electron chi connectivity index (χ2n) is 5.60. The van der Waals surface area contributed by atoms with Gasteiger partial charge >= 0.3 is 0 Å². The average molecular weight is 325 g/mol. The third-order valence-corrected chi connectivity index (χ3v) is 5.13. The van der Waals surface area contributed by atoms with E-state index in [1.807, 2.05) is 0 Å². The van der Waals surface area contributed by atoms with Crippen LogP contribution in [0, 0.1) is 0 Å². The molecule has 22 heavy (non-hydrogen) atoms. The molecule has 1 aromatic carbocycles. The Hall–Kier alpha value is -1.40. The Morgan fingerprint density at radius 1 is 1.32 bits per heavy atom. The highest BCUT2D eigenvalue weighted by molar-refractivity contribution is 7.90. The molecule has 0 radical (unpaired) electrons. The van der Waals surface area contributed by atoms with Crippen LogP contribution in [0.25, 0.3) is 0 Å². The molecule has 0 aliphatic carbocycles. The lowest BCUT2D eigenvalue weighted by Crippen LogP contribution is -2.31. The maximum absolute atomic E-state index is 12.1. The molecular weight excluding hydrogens is 302 g/mol. The van der Waals surface area contributed by atoms with E-state index < -0.39 is 15.9 Å². The topological polar surface area (TPSA) is 72.5 Å². The van der Waals surface area contributed by atoms with Gasteiger partial charge < -0.3 is 4.74 Å². The summed E-state index contributed by atoms with van der Waals surface area (Å²) in [5, 5.41) is 0. The van der Waals surface area contributed by atoms with E-state index in [2.05, 4.69) is 11.6 Å². The van der Waals surface area contributed by atoms with Gasteiger partial charge in [0.25, 0.3) is 10.0 Å². The number of hydrogen-bond donors (Lipinski definition) is 1. The highest BCUT2D eigenvalue weighted by Crippen LogP contribution is 2.17. The summed E-state index contributed by atoms with van der Waals surface area (Å²) < 4.78 is 31.8. The Morgan fingerprint density at radius 2 is 2.05 bits per heavy atom. The van der Waals surface area contributed by atoms with E-state index in [0.717, 1.165) is 37.9 Å². The fourth-order valence-corrected chi connectivity index (χ4v) is 3.56. The van der Waals surface area contributed by atoms with Gasteiger partial charge in [-0.1, -0.05) is 25.5 Å². The number of carbonyl (C=O) groups excluding carboxylic acids is 1. The molecule has 0 spiro atoms. The number of rotatable bonds is 7. The predicted molar refractivity (Wildman–Crippen MR) is 84.0 cm³/mol. The summed E-state index contributed by atoms with van der Waals surface area (Å²) in [5.74, 6) is -0.479. The first-order chi connectivity index (χ1) is 10.5. The molecule has 1 saturated heterocycles. The molecule has 1 fully saturated rings. The highest BCUT2D eigenvalue weighted by atomic mass is 32.2. The molecule has 1 aliphatic heterocycles. The standard InChI is InChI=1S/C16H23NO4S/c1-2-4-13-6-9-15(10-7-13)22(19,20)17-16(18)11-8-14-5-3-12-21-14/h6-7,9-10,14H,2-5,8,11-12H2,1H3,(H,17,18)/t14-/m0/s1. The van der Waals surface area contributed by atoms with Crippen molar-refractivity contribution in [1.29, 1.82) is 0 Å². The normalized spacial score (nSPS) is 18.3. The van der Waals surface area contributed by atoms with Crippen molar-refractivity contribution in [3.05, 3.63) is 29.8 Å². The number of benzene rings is 1. The van der Waals surface area contributed by atoms with Crippen molar-refractivity contribution in [2.24, 2.45) is 0 Å². The Morgan fingerprint density at radius 3 is 2.64 bits per heavy atom. The van der Waals surface area contributed by atoms with Gasteiger partial charge in [-0.15, -0.1) is 0 Å². The first kappa shape index (κ1) is 17.0. The van der Waals surface area contributed by atoms with E-state index in [9.17, 15) is 13.2 Å². The molecule has 1 heterocycles. The maximum atomic E-state index is 12.1. The third kappa shape index (κ3) is 4.81. The Labute approximate surface area is 132 Å². The van der Waals surface area contributed by atoms with Gasteiger partial charge in [-0.2, -0.15) is 0 Å². The molecule has 1 amide bonds. The average Bonchev–Trinajstić information content (AvgIpc) is 2.99. The van der Waals surface area contributed by atoms with E-state index in [1.54, 1.807) is 24.3 Å². The van der Waals surface area contributed by atoms with E-state index in [0.29, 0.717) is 6.42 Å². The number of aryl methyl sites for hydroxylation is 1. The number of carbonyl (C=O) groups is 1. The van der Waals surface area contributed by atoms with E-state index in [-0.39, 0.29) is 17.4 Å². The minimum atomic E-state index is -3.78. The molecule has 1 aromatic rings. The summed E-state index contributed by atoms with van der Waals surface area (Å²) in [5.41, 5.74) is 1.09. The van der Waals surface area contributed by atoms with Crippen LogP contribution in [0.15, 0.2) is 29.2 Å². The van der Waals surface area contributed by atoms with Crippen molar-refractivity contribution in [3.63, 3.8) is 0 Å². The number of sulfonamides is 1. The maximum Gasteiger partial charge on any atom is 0.264 e. The van der Waals surface area contributed by atoms with Crippen molar-refractivity contribution in [2.45, 2.75) is 56.4 Å². The molecule has 0 saturated carbocycles. The molecule has 1 N–H and O–H groups in total. The van der Waals surface area contributed by atoms with Crippen LogP contribution in [0.3, 0.4) is 0 Å². The van der Waals surface area contributed by atoms with Crippen LogP contribution in [0.1, 0.15) is 44.6 Å². The molecule has 122 valence electrons. The molecule has 1 atom stereocenters. The number of nitrogens with one attached hydrogen (secondary N) is 1. The van der Waals surface area contributed by atoms with Crippen molar-refractivity contribution in [1.82, 2.24) is 4.72 Å². The third-order valence-electron chi connectivity index (χ3n) is 3.74. The van der Waals surface area contributed by atoms with E-state index >= 15 is 0 Å². The Kier molecular flexibility index (Phi) is 5.97. The highest BCUT2D eigenvalue weighted by Gasteiger charge is 2.20. The van der Waals surface area contributed by atoms with Crippen molar-refractivity contribution in [2.75, 3.05) is 6.61 Å². The lowest BCUT2D eigenvalue weighted by atomic mass is 10.1. The molecular formula is C16H23NO4S. The van der Waals surface area contributed by atoms with Gasteiger partial charge in [0.2, 0.25) is 5.91 Å². The van der Waals surface area contributed by atoms with Gasteiger partial charge in [0.15, 0.2) is 0 Å². The van der Waals surface area contributed by atoms with Gasteiger partial charge in [-0.05, 0) is 43.4 Å². The van der Waals surface area contributed by atoms with Crippen LogP contribution in [0.4, 0.5) is 0 Å². The van der Waals surface area contributed by atoms with Crippen LogP contribution < -0.4 is 4.72 Å². The summed E-state index contributed by atoms with van der Waals surface area (Å²) in [6, 6.07) is 6.66. The number of hydrogen-bond acceptors (Lipinski definition) is 4. The van der Waals surface area contributed by atoms with Crippen LogP contribution in [0.5, 0.6) is 0 Å². The molecule has 0 unspecified atom stereocenters. The minimum Gasteiger partial charge on any atom is -0.378 e. The molecule has 6 heteroatoms. The summed E-state index contributed by atoms with van der Waals surface area (Å²) >= 11 is 0. The van der Waals surface area contributed by atoms with Gasteiger partial charge in [-0.3, -0.25) is 4.79 Å². The second kappa shape index (κ2) is 7.74. The van der Waals surface area contributed by atoms with Gasteiger partial charge in [0.05, 0.1) is 11.0 Å². The van der Waals surface area contributed by atoms with Crippen molar-refractivity contribution < 1.29 is 17.9 Å². The zero-order valence-electron chi connectivity index (χ0n) is 12.9. The molecule has 1 aliphatic rings. The smallest absolute Gasteiger partial charge is 0.264 e. The molecule has 2 rings (SSSR count). The monoisotopic (exact) mass is 325 g/mol. The second-order valence-corrected chi connectivity index (χ2v) is 7.28. The van der Waals surface area contributed by atoms with E-state index in [1.165, 1.54) is 0 Å². The fourth-order valence-electron chi connectivity index (χ4n) is 2.55. The molecule has 0 bridgehead atoms. The SMILES string of the molecule is CCCc1ccc(S(=O)(=O)NC(=O)CC[C@@H]2CCCO2)cc1. The summed E-state index contributed by atoms with van der Waals surface area (Å²) in [6.45, 7) is 2.80. The molecule has 0 aromatic heterocycles. The first-order valence-corrected chi connectivity index (χ1v) is 9.26. The summed E-state index contributed by atoms with van der Waals surface area (Å²) in [4.78, 5) is 11.9. The number of ether oxygens (including phenoxy) is 1. The van der Waals surface area contributed by atoms with Crippen molar-refractivity contribution in [3.8, 4) is 0 Å². The lowest BCUT2D eigenvalue weighted by Gasteiger charge is -2.10. The van der Waals surface area contributed by atoms with Crippen LogP contribution >= 0.6 is 0 Å². The molecule has 5 nitrogen and oxygen atoms in total. The number of amides is 1. The summed E-state index contributed by atoms with van der Waals surface area (Å²) in [7, 11) is -3.78. The zero-order valence-corrected chi connectivity index (χ0v) is 13.7. The fraction of sp³-hybridized carbons (Fsp3) is 0.562. The predicted octanol–water partition coefficient (Wildman–Crippen LogP) is 2.40. The van der Waals surface area contributed by atoms with Crippen LogP contribution in [0.2, 0.25) is 0 Å². The lowest BCUT2D eigenvalue weighted by molar-refractivity contribution is -0.119. The van der Waals surface area contributed by atoms with Gasteiger partial charge in [0, 0.05) is 13.0 Å².